The van der Waals surface area contributed by atoms with E-state index in [2.05, 4.69) is 45.1 Å². The molecule has 1 unspecified atom stereocenters. The molecule has 1 heterocycles. The Hall–Kier alpha value is -3.17. The summed E-state index contributed by atoms with van der Waals surface area (Å²) >= 11 is -1.75. The summed E-state index contributed by atoms with van der Waals surface area (Å²) in [6.45, 7) is 6.36. The van der Waals surface area contributed by atoms with Crippen LogP contribution in [0.15, 0.2) is 53.5 Å². The van der Waals surface area contributed by atoms with E-state index >= 15 is 0 Å². The summed E-state index contributed by atoms with van der Waals surface area (Å²) in [5.41, 5.74) is 1.92. The Bertz CT molecular complexity index is 1090. The number of hydrogen-bond donors (Lipinski definition) is 3. The van der Waals surface area contributed by atoms with E-state index < -0.39 is 11.1 Å². The Morgan fingerprint density at radius 1 is 1.06 bits per heavy atom. The second-order valence-corrected chi connectivity index (χ2v) is 9.56. The number of rotatable bonds is 6. The number of hydrogen-bond acceptors (Lipinski definition) is 7. The number of nitrogens with one attached hydrogen (secondary N) is 2. The Kier molecular flexibility index (Phi) is 7.00. The molecule has 9 heteroatoms. The summed E-state index contributed by atoms with van der Waals surface area (Å²) in [5, 5.41) is 17.4. The lowest BCUT2D eigenvalue weighted by Gasteiger charge is -2.31. The Labute approximate surface area is 192 Å². The Morgan fingerprint density at radius 2 is 1.72 bits per heavy atom. The molecule has 0 fully saturated rings. The fraction of sp³-hybridized carbons (Fsp3) is 0.348. The van der Waals surface area contributed by atoms with Crippen molar-refractivity contribution in [2.75, 3.05) is 31.8 Å². The minimum Gasteiger partial charge on any atom is -0.546 e. The number of aromatic nitrogens is 2. The fourth-order valence-corrected chi connectivity index (χ4v) is 4.16. The fourth-order valence-electron chi connectivity index (χ4n) is 3.54. The number of benzene rings is 2. The van der Waals surface area contributed by atoms with Crippen molar-refractivity contribution >= 4 is 34.3 Å². The molecule has 0 radical (unpaired) electrons. The van der Waals surface area contributed by atoms with Crippen molar-refractivity contribution in [3.05, 3.63) is 59.7 Å². The Morgan fingerprint density at radius 3 is 2.31 bits per heavy atom. The monoisotopic (exact) mass is 454 g/mol. The maximum atomic E-state index is 12.2. The minimum atomic E-state index is -1.75. The third-order valence-corrected chi connectivity index (χ3v) is 5.69. The van der Waals surface area contributed by atoms with Gasteiger partial charge in [-0.05, 0) is 23.1 Å². The van der Waals surface area contributed by atoms with Crippen LogP contribution in [-0.2, 0) is 0 Å². The van der Waals surface area contributed by atoms with Gasteiger partial charge in [0.25, 0.3) is 0 Å². The highest BCUT2D eigenvalue weighted by Gasteiger charge is 2.30. The van der Waals surface area contributed by atoms with Gasteiger partial charge in [-0.3, -0.25) is 4.99 Å². The van der Waals surface area contributed by atoms with Crippen LogP contribution in [0.2, 0.25) is 0 Å². The summed E-state index contributed by atoms with van der Waals surface area (Å²) in [6, 6.07) is 15.2. The van der Waals surface area contributed by atoms with Crippen LogP contribution >= 0.6 is 11.1 Å². The largest absolute Gasteiger partial charge is 0.546 e. The van der Waals surface area contributed by atoms with Crippen molar-refractivity contribution in [3.63, 3.8) is 0 Å². The number of nitrogens with zero attached hydrogens (tertiary/aromatic N) is 4. The SMILES string of the molecule is C/N=C(/c1cccc(Nc2n[s+]([O-])nc2N[C@@H](c2ccccc2)C(C)(C)C)c1O)N(C)C. The van der Waals surface area contributed by atoms with Crippen LogP contribution in [0.3, 0.4) is 0 Å². The molecule has 0 bridgehead atoms. The van der Waals surface area contributed by atoms with E-state index in [9.17, 15) is 9.66 Å². The molecule has 8 nitrogen and oxygen atoms in total. The summed E-state index contributed by atoms with van der Waals surface area (Å²) in [6.07, 6.45) is 0. The molecule has 32 heavy (non-hydrogen) atoms. The van der Waals surface area contributed by atoms with Gasteiger partial charge < -0.3 is 25.2 Å². The van der Waals surface area contributed by atoms with Crippen molar-refractivity contribution in [1.82, 2.24) is 13.6 Å². The van der Waals surface area contributed by atoms with E-state index in [1.54, 1.807) is 19.2 Å². The van der Waals surface area contributed by atoms with Gasteiger partial charge in [0.05, 0.1) is 17.3 Å². The number of aliphatic imine (C=N–C) groups is 1. The molecule has 0 aliphatic heterocycles. The number of phenolic OH excluding ortho intramolecular Hbond substituents is 1. The molecule has 1 aromatic heterocycles. The average molecular weight is 455 g/mol. The molecule has 170 valence electrons. The quantitative estimate of drug-likeness (QED) is 0.213. The van der Waals surface area contributed by atoms with Crippen molar-refractivity contribution in [2.45, 2.75) is 26.8 Å². The van der Waals surface area contributed by atoms with Gasteiger partial charge in [0.1, 0.15) is 11.6 Å². The second kappa shape index (κ2) is 9.54. The first kappa shape index (κ1) is 23.5. The second-order valence-electron chi connectivity index (χ2n) is 8.73. The molecule has 0 spiro atoms. The molecule has 0 saturated heterocycles. The lowest BCUT2D eigenvalue weighted by molar-refractivity contribution is 0.347. The normalized spacial score (nSPS) is 13.6. The molecule has 3 N–H and O–H groups in total. The minimum absolute atomic E-state index is 0.0250. The predicted octanol–water partition coefficient (Wildman–Crippen LogP) is 4.79. The van der Waals surface area contributed by atoms with Gasteiger partial charge in [-0.25, -0.2) is 0 Å². The Balaban J connectivity index is 1.96. The van der Waals surface area contributed by atoms with Crippen LogP contribution in [0.1, 0.15) is 37.9 Å². The van der Waals surface area contributed by atoms with Gasteiger partial charge in [0.2, 0.25) is 11.6 Å². The number of aromatic hydroxyl groups is 1. The summed E-state index contributed by atoms with van der Waals surface area (Å²) in [4.78, 5) is 6.08. The molecule has 0 saturated carbocycles. The highest BCUT2D eigenvalue weighted by molar-refractivity contribution is 7.14. The molecule has 0 amide bonds. The zero-order valence-electron chi connectivity index (χ0n) is 19.2. The van der Waals surface area contributed by atoms with Crippen LogP contribution in [0, 0.1) is 5.41 Å². The number of phenols is 1. The third kappa shape index (κ3) is 5.17. The standard InChI is InChI=1S/C23H30N6O2S/c1-23(2,3)19(15-11-8-7-9-12-15)26-21-20(27-32(31)28-21)25-17-14-10-13-16(18(17)30)22(24-4)29(5)6/h7-14,19,30H,1-6H3,(H,25,27)(H,26,28)/b24-22-/t19-,32?/m0/s1. The smallest absolute Gasteiger partial charge is 0.237 e. The van der Waals surface area contributed by atoms with Crippen LogP contribution in [0.25, 0.3) is 0 Å². The first-order chi connectivity index (χ1) is 15.1. The number of para-hydroxylation sites is 1. The molecule has 3 rings (SSSR count). The molecule has 2 aromatic carbocycles. The van der Waals surface area contributed by atoms with Gasteiger partial charge in [-0.1, -0.05) is 57.2 Å². The predicted molar refractivity (Wildman–Crippen MR) is 130 cm³/mol. The van der Waals surface area contributed by atoms with Crippen LogP contribution in [0.5, 0.6) is 5.75 Å². The summed E-state index contributed by atoms with van der Waals surface area (Å²) in [5.74, 6) is 1.35. The molecule has 0 aliphatic rings. The molecular weight excluding hydrogens is 424 g/mol. The van der Waals surface area contributed by atoms with E-state index in [4.69, 9.17) is 0 Å². The van der Waals surface area contributed by atoms with E-state index in [0.717, 1.165) is 5.56 Å². The number of amidine groups is 1. The molecular formula is C23H30N6O2S. The topological polar surface area (TPSA) is 109 Å². The van der Waals surface area contributed by atoms with Crippen LogP contribution < -0.4 is 10.6 Å². The average Bonchev–Trinajstić information content (AvgIpc) is 3.07. The summed E-state index contributed by atoms with van der Waals surface area (Å²) < 4.78 is 20.5. The first-order valence-electron chi connectivity index (χ1n) is 10.3. The van der Waals surface area contributed by atoms with Crippen molar-refractivity contribution in [1.29, 1.82) is 0 Å². The third-order valence-electron chi connectivity index (χ3n) is 5.01. The maximum Gasteiger partial charge on any atom is 0.237 e. The van der Waals surface area contributed by atoms with Gasteiger partial charge in [0.15, 0.2) is 11.1 Å². The highest BCUT2D eigenvalue weighted by atomic mass is 32.2. The molecule has 2 atom stereocenters. The number of anilines is 3. The molecule has 3 aromatic rings. The van der Waals surface area contributed by atoms with E-state index in [1.165, 1.54) is 0 Å². The van der Waals surface area contributed by atoms with E-state index in [1.807, 2.05) is 55.4 Å². The molecule has 0 aliphatic carbocycles. The van der Waals surface area contributed by atoms with E-state index in [0.29, 0.717) is 28.7 Å². The van der Waals surface area contributed by atoms with Gasteiger partial charge >= 0.3 is 0 Å². The van der Waals surface area contributed by atoms with Crippen LogP contribution in [-0.4, -0.2) is 50.3 Å². The lowest BCUT2D eigenvalue weighted by atomic mass is 9.82. The lowest BCUT2D eigenvalue weighted by Crippen LogP contribution is -2.26. The van der Waals surface area contributed by atoms with Crippen molar-refractivity contribution < 1.29 is 9.66 Å². The summed E-state index contributed by atoms with van der Waals surface area (Å²) in [7, 11) is 5.39. The maximum absolute atomic E-state index is 12.2. The van der Waals surface area contributed by atoms with Gasteiger partial charge in [-0.2, -0.15) is 0 Å². The zero-order valence-corrected chi connectivity index (χ0v) is 20.1. The zero-order chi connectivity index (χ0) is 23.5. The van der Waals surface area contributed by atoms with E-state index in [-0.39, 0.29) is 17.2 Å². The van der Waals surface area contributed by atoms with Crippen molar-refractivity contribution in [2.24, 2.45) is 10.4 Å². The van der Waals surface area contributed by atoms with Gasteiger partial charge in [-0.15, -0.1) is 0 Å². The highest BCUT2D eigenvalue weighted by Crippen LogP contribution is 2.39. The first-order valence-corrected chi connectivity index (χ1v) is 11.3. The van der Waals surface area contributed by atoms with Crippen LogP contribution in [0.4, 0.5) is 17.3 Å². The van der Waals surface area contributed by atoms with Crippen molar-refractivity contribution in [3.8, 4) is 5.75 Å². The van der Waals surface area contributed by atoms with Gasteiger partial charge in [0, 0.05) is 29.9 Å².